The third-order valence-corrected chi connectivity index (χ3v) is 4.94. The SMILES string of the molecule is CCCNCc1cc(F)ccc1N1CC2CCC(O)C2C1. The van der Waals surface area contributed by atoms with Crippen LogP contribution in [0.1, 0.15) is 31.7 Å². The van der Waals surface area contributed by atoms with E-state index in [1.807, 2.05) is 6.07 Å². The first-order chi connectivity index (χ1) is 10.2. The molecular formula is C17H25FN2O. The Morgan fingerprint density at radius 3 is 2.95 bits per heavy atom. The summed E-state index contributed by atoms with van der Waals surface area (Å²) in [4.78, 5) is 2.33. The van der Waals surface area contributed by atoms with Crippen LogP contribution in [0.4, 0.5) is 10.1 Å². The van der Waals surface area contributed by atoms with Gasteiger partial charge in [0.2, 0.25) is 0 Å². The van der Waals surface area contributed by atoms with Gasteiger partial charge in [-0.25, -0.2) is 4.39 Å². The topological polar surface area (TPSA) is 35.5 Å². The third-order valence-electron chi connectivity index (χ3n) is 4.94. The Bertz CT molecular complexity index is 494. The molecule has 2 aliphatic rings. The molecule has 4 heteroatoms. The number of benzene rings is 1. The van der Waals surface area contributed by atoms with Crippen molar-refractivity contribution in [3.63, 3.8) is 0 Å². The van der Waals surface area contributed by atoms with Crippen molar-refractivity contribution in [2.24, 2.45) is 11.8 Å². The van der Waals surface area contributed by atoms with E-state index in [2.05, 4.69) is 17.1 Å². The molecule has 1 heterocycles. The molecule has 2 fully saturated rings. The van der Waals surface area contributed by atoms with E-state index in [1.165, 1.54) is 0 Å². The van der Waals surface area contributed by atoms with Crippen LogP contribution in [0, 0.1) is 17.7 Å². The lowest BCUT2D eigenvalue weighted by atomic mass is 10.00. The Morgan fingerprint density at radius 1 is 1.33 bits per heavy atom. The van der Waals surface area contributed by atoms with Gasteiger partial charge in [0.1, 0.15) is 5.82 Å². The summed E-state index contributed by atoms with van der Waals surface area (Å²) in [6.07, 6.45) is 2.98. The minimum atomic E-state index is -0.175. The van der Waals surface area contributed by atoms with Crippen LogP contribution in [0.5, 0.6) is 0 Å². The van der Waals surface area contributed by atoms with Gasteiger partial charge in [-0.2, -0.15) is 0 Å². The van der Waals surface area contributed by atoms with E-state index in [-0.39, 0.29) is 11.9 Å². The fourth-order valence-electron chi connectivity index (χ4n) is 3.84. The van der Waals surface area contributed by atoms with Crippen molar-refractivity contribution < 1.29 is 9.50 Å². The Labute approximate surface area is 126 Å². The van der Waals surface area contributed by atoms with Crippen molar-refractivity contribution in [2.75, 3.05) is 24.5 Å². The van der Waals surface area contributed by atoms with Crippen LogP contribution in [0.25, 0.3) is 0 Å². The Kier molecular flexibility index (Phi) is 4.45. The molecule has 1 saturated carbocycles. The van der Waals surface area contributed by atoms with Gasteiger partial charge in [-0.05, 0) is 55.5 Å². The highest BCUT2D eigenvalue weighted by atomic mass is 19.1. The van der Waals surface area contributed by atoms with E-state index in [0.717, 1.165) is 50.1 Å². The normalized spacial score (nSPS) is 28.1. The zero-order valence-electron chi connectivity index (χ0n) is 12.7. The van der Waals surface area contributed by atoms with E-state index in [4.69, 9.17) is 0 Å². The minimum absolute atomic E-state index is 0.151. The van der Waals surface area contributed by atoms with Crippen molar-refractivity contribution in [2.45, 2.75) is 38.8 Å². The van der Waals surface area contributed by atoms with Crippen LogP contribution in [-0.2, 0) is 6.54 Å². The van der Waals surface area contributed by atoms with E-state index in [1.54, 1.807) is 12.1 Å². The van der Waals surface area contributed by atoms with E-state index in [0.29, 0.717) is 18.4 Å². The Balaban J connectivity index is 1.75. The number of fused-ring (bicyclic) bond motifs is 1. The molecule has 1 aliphatic carbocycles. The highest BCUT2D eigenvalue weighted by Crippen LogP contribution is 2.40. The van der Waals surface area contributed by atoms with Crippen LogP contribution < -0.4 is 10.2 Å². The quantitative estimate of drug-likeness (QED) is 0.819. The molecule has 0 amide bonds. The predicted molar refractivity (Wildman–Crippen MR) is 82.8 cm³/mol. The van der Waals surface area contributed by atoms with Gasteiger partial charge in [0.05, 0.1) is 6.10 Å². The zero-order valence-corrected chi connectivity index (χ0v) is 12.7. The predicted octanol–water partition coefficient (Wildman–Crippen LogP) is 2.53. The van der Waals surface area contributed by atoms with Gasteiger partial charge >= 0.3 is 0 Å². The molecule has 0 bridgehead atoms. The standard InChI is InChI=1S/C17H25FN2O/c1-2-7-19-9-13-8-14(18)4-5-16(13)20-10-12-3-6-17(21)15(12)11-20/h4-5,8,12,15,17,19,21H,2-3,6-7,9-11H2,1H3. The second-order valence-corrected chi connectivity index (χ2v) is 6.42. The molecule has 0 aromatic heterocycles. The van der Waals surface area contributed by atoms with Crippen molar-refractivity contribution in [3.8, 4) is 0 Å². The lowest BCUT2D eigenvalue weighted by Crippen LogP contribution is -2.26. The molecule has 1 aromatic carbocycles. The number of rotatable bonds is 5. The molecule has 2 N–H and O–H groups in total. The van der Waals surface area contributed by atoms with Gasteiger partial charge in [0.15, 0.2) is 0 Å². The number of anilines is 1. The van der Waals surface area contributed by atoms with Crippen LogP contribution >= 0.6 is 0 Å². The maximum Gasteiger partial charge on any atom is 0.123 e. The first kappa shape index (κ1) is 14.8. The molecule has 3 atom stereocenters. The first-order valence-corrected chi connectivity index (χ1v) is 8.11. The summed E-state index contributed by atoms with van der Waals surface area (Å²) in [5, 5.41) is 13.4. The molecule has 3 rings (SSSR count). The second-order valence-electron chi connectivity index (χ2n) is 6.42. The van der Waals surface area contributed by atoms with Gasteiger partial charge < -0.3 is 15.3 Å². The smallest absolute Gasteiger partial charge is 0.123 e. The zero-order chi connectivity index (χ0) is 14.8. The average molecular weight is 292 g/mol. The number of aliphatic hydroxyl groups excluding tert-OH is 1. The lowest BCUT2D eigenvalue weighted by molar-refractivity contribution is 0.133. The highest BCUT2D eigenvalue weighted by molar-refractivity contribution is 5.55. The molecule has 21 heavy (non-hydrogen) atoms. The van der Waals surface area contributed by atoms with E-state index >= 15 is 0 Å². The molecular weight excluding hydrogens is 267 g/mol. The number of nitrogens with one attached hydrogen (secondary N) is 1. The monoisotopic (exact) mass is 292 g/mol. The van der Waals surface area contributed by atoms with Crippen molar-refractivity contribution in [1.82, 2.24) is 5.32 Å². The number of hydrogen-bond donors (Lipinski definition) is 2. The van der Waals surface area contributed by atoms with Crippen LogP contribution in [-0.4, -0.2) is 30.8 Å². The van der Waals surface area contributed by atoms with E-state index < -0.39 is 0 Å². The molecule has 0 spiro atoms. The maximum atomic E-state index is 13.5. The second kappa shape index (κ2) is 6.32. The van der Waals surface area contributed by atoms with Gasteiger partial charge in [0.25, 0.3) is 0 Å². The summed E-state index contributed by atoms with van der Waals surface area (Å²) in [5.41, 5.74) is 2.15. The van der Waals surface area contributed by atoms with Gasteiger partial charge in [-0.15, -0.1) is 0 Å². The number of halogens is 1. The van der Waals surface area contributed by atoms with Crippen molar-refractivity contribution >= 4 is 5.69 Å². The largest absolute Gasteiger partial charge is 0.393 e. The molecule has 0 radical (unpaired) electrons. The fourth-order valence-corrected chi connectivity index (χ4v) is 3.84. The fraction of sp³-hybridized carbons (Fsp3) is 0.647. The third kappa shape index (κ3) is 3.06. The molecule has 1 aromatic rings. The van der Waals surface area contributed by atoms with Crippen molar-refractivity contribution in [1.29, 1.82) is 0 Å². The summed E-state index contributed by atoms with van der Waals surface area (Å²) in [6.45, 7) is 5.67. The van der Waals surface area contributed by atoms with Gasteiger partial charge in [-0.1, -0.05) is 6.92 Å². The maximum absolute atomic E-state index is 13.5. The molecule has 116 valence electrons. The minimum Gasteiger partial charge on any atom is -0.393 e. The number of aliphatic hydroxyl groups is 1. The Hall–Kier alpha value is -1.13. The van der Waals surface area contributed by atoms with Gasteiger partial charge in [0, 0.05) is 31.2 Å². The lowest BCUT2D eigenvalue weighted by Gasteiger charge is -2.24. The van der Waals surface area contributed by atoms with E-state index in [9.17, 15) is 9.50 Å². The summed E-state index contributed by atoms with van der Waals surface area (Å²) in [7, 11) is 0. The average Bonchev–Trinajstić information content (AvgIpc) is 3.02. The molecule has 3 nitrogen and oxygen atoms in total. The summed E-state index contributed by atoms with van der Waals surface area (Å²) >= 11 is 0. The van der Waals surface area contributed by atoms with Crippen LogP contribution in [0.3, 0.4) is 0 Å². The Morgan fingerprint density at radius 2 is 2.19 bits per heavy atom. The summed E-state index contributed by atoms with van der Waals surface area (Å²) in [5.74, 6) is 0.819. The molecule has 1 aliphatic heterocycles. The van der Waals surface area contributed by atoms with Gasteiger partial charge in [-0.3, -0.25) is 0 Å². The summed E-state index contributed by atoms with van der Waals surface area (Å²) in [6, 6.07) is 5.08. The summed E-state index contributed by atoms with van der Waals surface area (Å²) < 4.78 is 13.5. The number of nitrogens with zero attached hydrogens (tertiary/aromatic N) is 1. The molecule has 3 unspecified atom stereocenters. The first-order valence-electron chi connectivity index (χ1n) is 8.11. The van der Waals surface area contributed by atoms with Crippen LogP contribution in [0.2, 0.25) is 0 Å². The van der Waals surface area contributed by atoms with Crippen molar-refractivity contribution in [3.05, 3.63) is 29.6 Å². The molecule has 1 saturated heterocycles. The number of hydrogen-bond acceptors (Lipinski definition) is 3. The van der Waals surface area contributed by atoms with Crippen LogP contribution in [0.15, 0.2) is 18.2 Å². The highest BCUT2D eigenvalue weighted by Gasteiger charge is 2.42.